The van der Waals surface area contributed by atoms with Gasteiger partial charge in [-0.15, -0.1) is 11.3 Å². The van der Waals surface area contributed by atoms with E-state index in [2.05, 4.69) is 66.5 Å². The lowest BCUT2D eigenvalue weighted by Crippen LogP contribution is -2.20. The van der Waals surface area contributed by atoms with E-state index < -0.39 is 0 Å². The summed E-state index contributed by atoms with van der Waals surface area (Å²) in [6, 6.07) is 4.76. The van der Waals surface area contributed by atoms with Gasteiger partial charge in [0, 0.05) is 0 Å². The van der Waals surface area contributed by atoms with E-state index in [1.54, 1.807) is 11.3 Å². The molecule has 0 spiro atoms. The van der Waals surface area contributed by atoms with E-state index in [1.807, 2.05) is 7.05 Å². The fourth-order valence-corrected chi connectivity index (χ4v) is 3.83. The number of aryl methyl sites for hydroxylation is 2. The minimum atomic E-state index is 0.265. The molecule has 0 saturated heterocycles. The molecule has 0 radical (unpaired) electrons. The lowest BCUT2D eigenvalue weighted by atomic mass is 9.87. The van der Waals surface area contributed by atoms with Gasteiger partial charge in [-0.25, -0.2) is 0 Å². The number of hydrogen-bond acceptors (Lipinski definition) is 2. The van der Waals surface area contributed by atoms with E-state index >= 15 is 0 Å². The Labute approximate surface area is 128 Å². The monoisotopic (exact) mass is 337 g/mol. The van der Waals surface area contributed by atoms with E-state index in [1.165, 1.54) is 37.2 Å². The molecule has 2 rings (SSSR count). The van der Waals surface area contributed by atoms with Gasteiger partial charge < -0.3 is 5.32 Å². The molecule has 2 aromatic rings. The van der Waals surface area contributed by atoms with Crippen molar-refractivity contribution in [3.8, 4) is 0 Å². The van der Waals surface area contributed by atoms with Crippen LogP contribution < -0.4 is 5.32 Å². The molecule has 0 saturated carbocycles. The van der Waals surface area contributed by atoms with E-state index in [9.17, 15) is 0 Å². The highest BCUT2D eigenvalue weighted by atomic mass is 79.9. The fraction of sp³-hybridized carbons (Fsp3) is 0.375. The van der Waals surface area contributed by atoms with Gasteiger partial charge >= 0.3 is 0 Å². The zero-order valence-corrected chi connectivity index (χ0v) is 14.5. The quantitative estimate of drug-likeness (QED) is 0.825. The molecule has 0 aliphatic heterocycles. The molecule has 0 amide bonds. The van der Waals surface area contributed by atoms with Crippen LogP contribution in [-0.2, 0) is 0 Å². The second-order valence-corrected chi connectivity index (χ2v) is 7.37. The molecule has 1 heterocycles. The maximum Gasteiger partial charge on any atom is 0.0701 e. The maximum atomic E-state index is 3.56. The Morgan fingerprint density at radius 2 is 1.63 bits per heavy atom. The minimum Gasteiger partial charge on any atom is -0.309 e. The third kappa shape index (κ3) is 2.78. The SMILES string of the molecule is CNC(c1csc(Br)c1)c1c(C)c(C)cc(C)c1C. The van der Waals surface area contributed by atoms with Gasteiger partial charge in [-0.2, -0.15) is 0 Å². The van der Waals surface area contributed by atoms with Crippen LogP contribution in [0, 0.1) is 27.7 Å². The Hall–Kier alpha value is -0.640. The van der Waals surface area contributed by atoms with Crippen molar-refractivity contribution in [1.82, 2.24) is 5.32 Å². The third-order valence-corrected chi connectivity index (χ3v) is 5.45. The van der Waals surface area contributed by atoms with Crippen molar-refractivity contribution < 1.29 is 0 Å². The zero-order valence-electron chi connectivity index (χ0n) is 12.1. The van der Waals surface area contributed by atoms with Crippen LogP contribution in [-0.4, -0.2) is 7.05 Å². The van der Waals surface area contributed by atoms with Crippen LogP contribution in [0.2, 0.25) is 0 Å². The summed E-state index contributed by atoms with van der Waals surface area (Å²) in [5.74, 6) is 0. The number of thiophene rings is 1. The summed E-state index contributed by atoms with van der Waals surface area (Å²) < 4.78 is 1.18. The standard InChI is InChI=1S/C16H20BrNS/c1-9-6-10(2)12(4)15(11(9)3)16(18-5)13-7-14(17)19-8-13/h6-8,16,18H,1-5H3. The Morgan fingerprint density at radius 3 is 2.05 bits per heavy atom. The first-order valence-electron chi connectivity index (χ1n) is 6.44. The Balaban J connectivity index is 2.61. The van der Waals surface area contributed by atoms with Gasteiger partial charge in [-0.3, -0.25) is 0 Å². The second-order valence-electron chi connectivity index (χ2n) is 5.08. The van der Waals surface area contributed by atoms with Gasteiger partial charge in [-0.1, -0.05) is 6.07 Å². The predicted molar refractivity (Wildman–Crippen MR) is 88.3 cm³/mol. The van der Waals surface area contributed by atoms with E-state index in [0.29, 0.717) is 0 Å². The van der Waals surface area contributed by atoms with Crippen LogP contribution >= 0.6 is 27.3 Å². The van der Waals surface area contributed by atoms with Crippen molar-refractivity contribution in [2.24, 2.45) is 0 Å². The van der Waals surface area contributed by atoms with Crippen molar-refractivity contribution in [1.29, 1.82) is 0 Å². The summed E-state index contributed by atoms with van der Waals surface area (Å²) in [4.78, 5) is 0. The smallest absolute Gasteiger partial charge is 0.0701 e. The van der Waals surface area contributed by atoms with Crippen LogP contribution in [0.3, 0.4) is 0 Å². The average Bonchev–Trinajstić information content (AvgIpc) is 2.78. The minimum absolute atomic E-state index is 0.265. The highest BCUT2D eigenvalue weighted by Crippen LogP contribution is 2.34. The van der Waals surface area contributed by atoms with Gasteiger partial charge in [-0.05, 0) is 95.5 Å². The lowest BCUT2D eigenvalue weighted by Gasteiger charge is -2.23. The summed E-state index contributed by atoms with van der Waals surface area (Å²) in [5, 5.41) is 5.69. The topological polar surface area (TPSA) is 12.0 Å². The summed E-state index contributed by atoms with van der Waals surface area (Å²) >= 11 is 5.30. The summed E-state index contributed by atoms with van der Waals surface area (Å²) in [6.07, 6.45) is 0. The third-order valence-electron chi connectivity index (χ3n) is 3.92. The van der Waals surface area contributed by atoms with Gasteiger partial charge in [0.1, 0.15) is 0 Å². The van der Waals surface area contributed by atoms with Crippen LogP contribution in [0.4, 0.5) is 0 Å². The average molecular weight is 338 g/mol. The zero-order chi connectivity index (χ0) is 14.2. The number of nitrogens with one attached hydrogen (secondary N) is 1. The molecule has 0 aliphatic rings. The lowest BCUT2D eigenvalue weighted by molar-refractivity contribution is 0.683. The van der Waals surface area contributed by atoms with Crippen LogP contribution in [0.5, 0.6) is 0 Å². The second kappa shape index (κ2) is 5.78. The number of benzene rings is 1. The van der Waals surface area contributed by atoms with E-state index in [-0.39, 0.29) is 6.04 Å². The van der Waals surface area contributed by atoms with Crippen LogP contribution in [0.15, 0.2) is 21.3 Å². The Kier molecular flexibility index (Phi) is 4.49. The highest BCUT2D eigenvalue weighted by molar-refractivity contribution is 9.11. The summed E-state index contributed by atoms with van der Waals surface area (Å²) in [5.41, 5.74) is 8.27. The molecule has 1 N–H and O–H groups in total. The fourth-order valence-electron chi connectivity index (χ4n) is 2.63. The molecule has 1 aromatic carbocycles. The Morgan fingerprint density at radius 1 is 1.05 bits per heavy atom. The first kappa shape index (κ1) is 14.8. The molecule has 0 fully saturated rings. The summed E-state index contributed by atoms with van der Waals surface area (Å²) in [6.45, 7) is 8.84. The molecule has 1 unspecified atom stereocenters. The highest BCUT2D eigenvalue weighted by Gasteiger charge is 2.19. The predicted octanol–water partition coefficient (Wildman–Crippen LogP) is 5.05. The van der Waals surface area contributed by atoms with Gasteiger partial charge in [0.25, 0.3) is 0 Å². The van der Waals surface area contributed by atoms with Gasteiger partial charge in [0.15, 0.2) is 0 Å². The van der Waals surface area contributed by atoms with Crippen molar-refractivity contribution in [3.05, 3.63) is 54.7 Å². The maximum absolute atomic E-state index is 3.56. The van der Waals surface area contributed by atoms with Crippen molar-refractivity contribution >= 4 is 27.3 Å². The molecule has 0 bridgehead atoms. The summed E-state index contributed by atoms with van der Waals surface area (Å²) in [7, 11) is 2.03. The van der Waals surface area contributed by atoms with Crippen LogP contribution in [0.1, 0.15) is 39.4 Å². The number of halogens is 1. The van der Waals surface area contributed by atoms with E-state index in [0.717, 1.165) is 0 Å². The van der Waals surface area contributed by atoms with Crippen molar-refractivity contribution in [3.63, 3.8) is 0 Å². The largest absolute Gasteiger partial charge is 0.309 e. The first-order valence-corrected chi connectivity index (χ1v) is 8.11. The van der Waals surface area contributed by atoms with E-state index in [4.69, 9.17) is 0 Å². The normalized spacial score (nSPS) is 12.7. The molecule has 1 nitrogen and oxygen atoms in total. The number of hydrogen-bond donors (Lipinski definition) is 1. The van der Waals surface area contributed by atoms with Gasteiger partial charge in [0.2, 0.25) is 0 Å². The molecule has 1 atom stereocenters. The number of rotatable bonds is 3. The molecular formula is C16H20BrNS. The molecule has 1 aromatic heterocycles. The van der Waals surface area contributed by atoms with Crippen molar-refractivity contribution in [2.75, 3.05) is 7.05 Å². The first-order chi connectivity index (χ1) is 8.95. The van der Waals surface area contributed by atoms with Gasteiger partial charge in [0.05, 0.1) is 9.83 Å². The van der Waals surface area contributed by atoms with Crippen LogP contribution in [0.25, 0.3) is 0 Å². The Bertz CT molecular complexity index is 575. The molecule has 0 aliphatic carbocycles. The molecule has 3 heteroatoms. The molecular weight excluding hydrogens is 318 g/mol. The van der Waals surface area contributed by atoms with Crippen molar-refractivity contribution in [2.45, 2.75) is 33.7 Å². The molecule has 102 valence electrons. The molecule has 19 heavy (non-hydrogen) atoms.